The Morgan fingerprint density at radius 1 is 1.00 bits per heavy atom. The fourth-order valence-corrected chi connectivity index (χ4v) is 3.60. The Balaban J connectivity index is 1.75. The van der Waals surface area contributed by atoms with E-state index in [1.165, 1.54) is 11.1 Å². The van der Waals surface area contributed by atoms with E-state index in [0.29, 0.717) is 28.4 Å². The third-order valence-corrected chi connectivity index (χ3v) is 5.18. The van der Waals surface area contributed by atoms with Gasteiger partial charge in [-0.2, -0.15) is 0 Å². The van der Waals surface area contributed by atoms with Crippen LogP contribution in [-0.4, -0.2) is 24.5 Å². The predicted molar refractivity (Wildman–Crippen MR) is 93.5 cm³/mol. The van der Waals surface area contributed by atoms with Gasteiger partial charge in [0.15, 0.2) is 0 Å². The predicted octanol–water partition coefficient (Wildman–Crippen LogP) is 4.17. The van der Waals surface area contributed by atoms with Crippen molar-refractivity contribution in [2.45, 2.75) is 12.5 Å². The van der Waals surface area contributed by atoms with Gasteiger partial charge in [0.1, 0.15) is 0 Å². The third-order valence-electron chi connectivity index (χ3n) is 4.44. The van der Waals surface area contributed by atoms with E-state index in [9.17, 15) is 0 Å². The summed E-state index contributed by atoms with van der Waals surface area (Å²) in [5, 5.41) is 1.23. The number of halogens is 2. The number of hydrogen-bond donors (Lipinski definition) is 1. The van der Waals surface area contributed by atoms with Crippen molar-refractivity contribution in [3.8, 4) is 0 Å². The van der Waals surface area contributed by atoms with Crippen molar-refractivity contribution >= 4 is 23.2 Å². The molecule has 1 fully saturated rings. The summed E-state index contributed by atoms with van der Waals surface area (Å²) in [6.07, 6.45) is 0. The Kier molecular flexibility index (Phi) is 5.04. The molecule has 116 valence electrons. The average molecular weight is 335 g/mol. The van der Waals surface area contributed by atoms with Crippen LogP contribution in [0.5, 0.6) is 0 Å². The normalized spacial score (nSPS) is 22.1. The maximum Gasteiger partial charge on any atom is 0.0595 e. The Morgan fingerprint density at radius 2 is 1.77 bits per heavy atom. The van der Waals surface area contributed by atoms with Crippen LogP contribution in [0.4, 0.5) is 0 Å². The molecule has 0 saturated carbocycles. The van der Waals surface area contributed by atoms with Gasteiger partial charge in [0, 0.05) is 25.6 Å². The van der Waals surface area contributed by atoms with Gasteiger partial charge in [-0.25, -0.2) is 0 Å². The van der Waals surface area contributed by atoms with Crippen LogP contribution in [-0.2, 0) is 6.54 Å². The first-order chi connectivity index (χ1) is 10.7. The molecule has 2 aromatic rings. The zero-order chi connectivity index (χ0) is 15.5. The van der Waals surface area contributed by atoms with Crippen LogP contribution in [0.1, 0.15) is 17.0 Å². The van der Waals surface area contributed by atoms with E-state index in [0.717, 1.165) is 19.6 Å². The van der Waals surface area contributed by atoms with Crippen molar-refractivity contribution in [3.63, 3.8) is 0 Å². The topological polar surface area (TPSA) is 29.3 Å². The highest BCUT2D eigenvalue weighted by molar-refractivity contribution is 6.42. The summed E-state index contributed by atoms with van der Waals surface area (Å²) < 4.78 is 0. The molecule has 4 heteroatoms. The molecule has 0 bridgehead atoms. The van der Waals surface area contributed by atoms with Crippen LogP contribution in [0.25, 0.3) is 0 Å². The first kappa shape index (κ1) is 15.8. The Morgan fingerprint density at radius 3 is 2.45 bits per heavy atom. The van der Waals surface area contributed by atoms with Crippen LogP contribution in [0.3, 0.4) is 0 Å². The van der Waals surface area contributed by atoms with Crippen molar-refractivity contribution in [2.24, 2.45) is 11.7 Å². The highest BCUT2D eigenvalue weighted by Gasteiger charge is 2.32. The van der Waals surface area contributed by atoms with E-state index in [1.807, 2.05) is 12.1 Å². The van der Waals surface area contributed by atoms with Crippen molar-refractivity contribution in [1.29, 1.82) is 0 Å². The van der Waals surface area contributed by atoms with Crippen molar-refractivity contribution in [1.82, 2.24) is 4.90 Å². The van der Waals surface area contributed by atoms with Crippen molar-refractivity contribution < 1.29 is 0 Å². The SMILES string of the molecule is NCC1CN(Cc2ccccc2)CC1c1ccc(Cl)c(Cl)c1. The van der Waals surface area contributed by atoms with Gasteiger partial charge in [0.25, 0.3) is 0 Å². The van der Waals surface area contributed by atoms with Crippen molar-refractivity contribution in [2.75, 3.05) is 19.6 Å². The maximum atomic E-state index is 6.17. The lowest BCUT2D eigenvalue weighted by atomic mass is 9.89. The summed E-state index contributed by atoms with van der Waals surface area (Å²) >= 11 is 12.2. The zero-order valence-corrected chi connectivity index (χ0v) is 13.9. The smallest absolute Gasteiger partial charge is 0.0595 e. The molecule has 1 aliphatic rings. The maximum absolute atomic E-state index is 6.17. The van der Waals surface area contributed by atoms with E-state index in [-0.39, 0.29) is 0 Å². The molecule has 1 aliphatic heterocycles. The lowest BCUT2D eigenvalue weighted by molar-refractivity contribution is 0.317. The van der Waals surface area contributed by atoms with E-state index in [1.54, 1.807) is 0 Å². The summed E-state index contributed by atoms with van der Waals surface area (Å²) in [6.45, 7) is 3.69. The molecule has 0 aliphatic carbocycles. The summed E-state index contributed by atoms with van der Waals surface area (Å²) in [6, 6.07) is 16.5. The van der Waals surface area contributed by atoms with E-state index in [2.05, 4.69) is 41.3 Å². The average Bonchev–Trinajstić information content (AvgIpc) is 2.94. The minimum Gasteiger partial charge on any atom is -0.330 e. The first-order valence-electron chi connectivity index (χ1n) is 7.58. The van der Waals surface area contributed by atoms with Crippen LogP contribution >= 0.6 is 23.2 Å². The molecular weight excluding hydrogens is 315 g/mol. The van der Waals surface area contributed by atoms with E-state index in [4.69, 9.17) is 28.9 Å². The second kappa shape index (κ2) is 7.01. The molecule has 22 heavy (non-hydrogen) atoms. The summed E-state index contributed by atoms with van der Waals surface area (Å²) in [7, 11) is 0. The quantitative estimate of drug-likeness (QED) is 0.909. The highest BCUT2D eigenvalue weighted by atomic mass is 35.5. The van der Waals surface area contributed by atoms with Crippen LogP contribution in [0.2, 0.25) is 10.0 Å². The Labute approximate surface area is 141 Å². The molecule has 1 heterocycles. The molecule has 2 N–H and O–H groups in total. The molecule has 3 rings (SSSR count). The number of nitrogens with zero attached hydrogens (tertiary/aromatic N) is 1. The van der Waals surface area contributed by atoms with E-state index < -0.39 is 0 Å². The molecular formula is C18H20Cl2N2. The summed E-state index contributed by atoms with van der Waals surface area (Å²) in [5.41, 5.74) is 8.58. The molecule has 2 nitrogen and oxygen atoms in total. The van der Waals surface area contributed by atoms with Gasteiger partial charge in [0.2, 0.25) is 0 Å². The van der Waals surface area contributed by atoms with Gasteiger partial charge >= 0.3 is 0 Å². The molecule has 2 unspecified atom stereocenters. The van der Waals surface area contributed by atoms with Gasteiger partial charge in [-0.3, -0.25) is 4.90 Å². The van der Waals surface area contributed by atoms with Gasteiger partial charge in [-0.1, -0.05) is 59.6 Å². The second-order valence-electron chi connectivity index (χ2n) is 5.96. The molecule has 2 atom stereocenters. The minimum absolute atomic E-state index is 0.420. The van der Waals surface area contributed by atoms with E-state index >= 15 is 0 Å². The zero-order valence-electron chi connectivity index (χ0n) is 12.4. The van der Waals surface area contributed by atoms with Gasteiger partial charge in [-0.05, 0) is 35.7 Å². The van der Waals surface area contributed by atoms with Crippen LogP contribution < -0.4 is 5.73 Å². The summed E-state index contributed by atoms with van der Waals surface area (Å²) in [5.74, 6) is 0.879. The lowest BCUT2D eigenvalue weighted by Gasteiger charge is -2.17. The molecule has 2 aromatic carbocycles. The fraction of sp³-hybridized carbons (Fsp3) is 0.333. The van der Waals surface area contributed by atoms with Gasteiger partial charge in [-0.15, -0.1) is 0 Å². The standard InChI is InChI=1S/C18H20Cl2N2/c19-17-7-6-14(8-18(17)20)16-12-22(11-15(16)9-21)10-13-4-2-1-3-5-13/h1-8,15-16H,9-12,21H2. The highest BCUT2D eigenvalue weighted by Crippen LogP contribution is 2.35. The molecule has 0 spiro atoms. The first-order valence-corrected chi connectivity index (χ1v) is 8.34. The largest absolute Gasteiger partial charge is 0.330 e. The van der Waals surface area contributed by atoms with Crippen molar-refractivity contribution in [3.05, 3.63) is 69.7 Å². The molecule has 0 amide bonds. The number of rotatable bonds is 4. The Bertz CT molecular complexity index is 630. The van der Waals surface area contributed by atoms with Gasteiger partial charge in [0.05, 0.1) is 10.0 Å². The third kappa shape index (κ3) is 3.47. The fourth-order valence-electron chi connectivity index (χ4n) is 3.29. The molecule has 1 saturated heterocycles. The Hall–Kier alpha value is -1.06. The van der Waals surface area contributed by atoms with Crippen LogP contribution in [0, 0.1) is 5.92 Å². The number of benzene rings is 2. The number of likely N-dealkylation sites (tertiary alicyclic amines) is 1. The lowest BCUT2D eigenvalue weighted by Crippen LogP contribution is -2.23. The summed E-state index contributed by atoms with van der Waals surface area (Å²) in [4.78, 5) is 2.47. The van der Waals surface area contributed by atoms with Gasteiger partial charge < -0.3 is 5.73 Å². The minimum atomic E-state index is 0.420. The monoisotopic (exact) mass is 334 g/mol. The second-order valence-corrected chi connectivity index (χ2v) is 6.77. The number of nitrogens with two attached hydrogens (primary N) is 1. The van der Waals surface area contributed by atoms with Crippen LogP contribution in [0.15, 0.2) is 48.5 Å². The number of hydrogen-bond acceptors (Lipinski definition) is 2. The molecule has 0 aromatic heterocycles. The molecule has 0 radical (unpaired) electrons.